The average molecular weight is 385 g/mol. The van der Waals surface area contributed by atoms with Crippen LogP contribution < -0.4 is 16.2 Å². The minimum absolute atomic E-state index is 0.0508. The number of benzene rings is 2. The van der Waals surface area contributed by atoms with Gasteiger partial charge in [-0.1, -0.05) is 54.1 Å². The zero-order valence-electron chi connectivity index (χ0n) is 14.2. The number of rotatable bonds is 6. The summed E-state index contributed by atoms with van der Waals surface area (Å²) in [5, 5.41) is 10.5. The number of hydrogen-bond donors (Lipinski definition) is 4. The summed E-state index contributed by atoms with van der Waals surface area (Å²) in [5.74, 6) is -0.796. The fraction of sp³-hybridized carbons (Fsp3) is 0.105. The highest BCUT2D eigenvalue weighted by Crippen LogP contribution is 2.20. The molecule has 7 nitrogen and oxygen atoms in total. The first kappa shape index (κ1) is 18.5. The molecule has 2 amide bonds. The highest BCUT2D eigenvalue weighted by atomic mass is 35.5. The molecule has 3 rings (SSSR count). The van der Waals surface area contributed by atoms with Gasteiger partial charge in [0.1, 0.15) is 5.69 Å². The van der Waals surface area contributed by atoms with Gasteiger partial charge >= 0.3 is 0 Å². The fourth-order valence-corrected chi connectivity index (χ4v) is 2.83. The Morgan fingerprint density at radius 3 is 2.41 bits per heavy atom. The molecular formula is C19H17ClN4O3. The predicted octanol–water partition coefficient (Wildman–Crippen LogP) is 2.86. The Bertz CT molecular complexity index is 997. The van der Waals surface area contributed by atoms with Gasteiger partial charge in [0.05, 0.1) is 23.0 Å². The summed E-state index contributed by atoms with van der Waals surface area (Å²) in [5.41, 5.74) is 0.766. The van der Waals surface area contributed by atoms with Crippen molar-refractivity contribution in [3.63, 3.8) is 0 Å². The van der Waals surface area contributed by atoms with E-state index in [0.717, 1.165) is 5.56 Å². The van der Waals surface area contributed by atoms with Gasteiger partial charge in [-0.15, -0.1) is 0 Å². The quantitative estimate of drug-likeness (QED) is 0.525. The number of anilines is 1. The second-order valence-corrected chi connectivity index (χ2v) is 6.23. The van der Waals surface area contributed by atoms with E-state index in [-0.39, 0.29) is 18.0 Å². The molecular weight excluding hydrogens is 368 g/mol. The van der Waals surface area contributed by atoms with Gasteiger partial charge in [-0.2, -0.15) is 0 Å². The first-order valence-electron chi connectivity index (χ1n) is 8.21. The van der Waals surface area contributed by atoms with Gasteiger partial charge in [0, 0.05) is 6.20 Å². The number of aromatic amines is 2. The summed E-state index contributed by atoms with van der Waals surface area (Å²) in [7, 11) is 0. The summed E-state index contributed by atoms with van der Waals surface area (Å²) in [6, 6.07) is 15.2. The molecule has 138 valence electrons. The van der Waals surface area contributed by atoms with E-state index in [9.17, 15) is 14.4 Å². The second kappa shape index (κ2) is 8.37. The van der Waals surface area contributed by atoms with Crippen LogP contribution in [0.4, 0.5) is 5.69 Å². The molecule has 27 heavy (non-hydrogen) atoms. The van der Waals surface area contributed by atoms with Crippen LogP contribution in [0.25, 0.3) is 0 Å². The van der Waals surface area contributed by atoms with E-state index in [2.05, 4.69) is 20.8 Å². The Kier molecular flexibility index (Phi) is 5.73. The lowest BCUT2D eigenvalue weighted by Gasteiger charge is -2.19. The molecule has 0 aliphatic heterocycles. The molecule has 4 N–H and O–H groups in total. The van der Waals surface area contributed by atoms with Crippen molar-refractivity contribution in [1.82, 2.24) is 15.5 Å². The van der Waals surface area contributed by atoms with Gasteiger partial charge in [-0.3, -0.25) is 19.5 Å². The zero-order chi connectivity index (χ0) is 19.2. The Morgan fingerprint density at radius 1 is 1.04 bits per heavy atom. The number of H-pyrrole nitrogens is 2. The van der Waals surface area contributed by atoms with E-state index in [1.807, 2.05) is 30.3 Å². The molecule has 0 spiro atoms. The van der Waals surface area contributed by atoms with Crippen LogP contribution in [0.5, 0.6) is 0 Å². The van der Waals surface area contributed by atoms with Crippen LogP contribution in [0.3, 0.4) is 0 Å². The van der Waals surface area contributed by atoms with Crippen molar-refractivity contribution >= 4 is 29.1 Å². The maximum atomic E-state index is 12.6. The van der Waals surface area contributed by atoms with E-state index < -0.39 is 17.5 Å². The van der Waals surface area contributed by atoms with E-state index in [1.54, 1.807) is 24.3 Å². The number of aromatic nitrogens is 2. The minimum Gasteiger partial charge on any atom is -0.345 e. The van der Waals surface area contributed by atoms with Gasteiger partial charge in [0.15, 0.2) is 0 Å². The number of nitrogens with one attached hydrogen (secondary N) is 4. The molecule has 1 unspecified atom stereocenters. The SMILES string of the molecule is O=C(CC(NC(=O)c1ccccc1Cl)c1ccccc1)Nc1c[nH][nH]c1=O. The molecule has 0 saturated heterocycles. The highest BCUT2D eigenvalue weighted by Gasteiger charge is 2.21. The van der Waals surface area contributed by atoms with E-state index in [0.29, 0.717) is 10.6 Å². The number of hydrogen-bond acceptors (Lipinski definition) is 3. The molecule has 3 aromatic rings. The first-order valence-corrected chi connectivity index (χ1v) is 8.58. The lowest BCUT2D eigenvalue weighted by atomic mass is 10.0. The Labute approximate surface area is 159 Å². The van der Waals surface area contributed by atoms with Crippen molar-refractivity contribution in [2.75, 3.05) is 5.32 Å². The van der Waals surface area contributed by atoms with Crippen LogP contribution in [0.1, 0.15) is 28.4 Å². The third-order valence-electron chi connectivity index (χ3n) is 3.94. The van der Waals surface area contributed by atoms with E-state index >= 15 is 0 Å². The molecule has 8 heteroatoms. The van der Waals surface area contributed by atoms with Crippen molar-refractivity contribution < 1.29 is 9.59 Å². The van der Waals surface area contributed by atoms with Crippen molar-refractivity contribution in [3.05, 3.63) is 87.3 Å². The Hall–Kier alpha value is -3.32. The molecule has 0 aliphatic carbocycles. The molecule has 0 fully saturated rings. The zero-order valence-corrected chi connectivity index (χ0v) is 14.9. The summed E-state index contributed by atoms with van der Waals surface area (Å²) < 4.78 is 0. The van der Waals surface area contributed by atoms with E-state index in [4.69, 9.17) is 11.6 Å². The van der Waals surface area contributed by atoms with Crippen LogP contribution in [-0.2, 0) is 4.79 Å². The second-order valence-electron chi connectivity index (χ2n) is 5.83. The Morgan fingerprint density at radius 2 is 1.74 bits per heavy atom. The predicted molar refractivity (Wildman–Crippen MR) is 103 cm³/mol. The summed E-state index contributed by atoms with van der Waals surface area (Å²) in [6.07, 6.45) is 1.31. The molecule has 2 aromatic carbocycles. The van der Waals surface area contributed by atoms with Crippen LogP contribution in [-0.4, -0.2) is 22.0 Å². The maximum absolute atomic E-state index is 12.6. The smallest absolute Gasteiger partial charge is 0.287 e. The average Bonchev–Trinajstić information content (AvgIpc) is 3.06. The van der Waals surface area contributed by atoms with Crippen LogP contribution in [0.15, 0.2) is 65.6 Å². The number of amides is 2. The van der Waals surface area contributed by atoms with Crippen molar-refractivity contribution in [3.8, 4) is 0 Å². The molecule has 0 aliphatic rings. The number of carbonyl (C=O) groups excluding carboxylic acids is 2. The number of carbonyl (C=O) groups is 2. The molecule has 1 aromatic heterocycles. The monoisotopic (exact) mass is 384 g/mol. The molecule has 0 saturated carbocycles. The molecule has 0 radical (unpaired) electrons. The van der Waals surface area contributed by atoms with Gasteiger partial charge in [0.25, 0.3) is 11.5 Å². The largest absolute Gasteiger partial charge is 0.345 e. The molecule has 1 heterocycles. The van der Waals surface area contributed by atoms with Crippen LogP contribution in [0, 0.1) is 0 Å². The van der Waals surface area contributed by atoms with Crippen molar-refractivity contribution in [2.24, 2.45) is 0 Å². The third-order valence-corrected chi connectivity index (χ3v) is 4.27. The van der Waals surface area contributed by atoms with E-state index in [1.165, 1.54) is 6.20 Å². The topological polar surface area (TPSA) is 107 Å². The maximum Gasteiger partial charge on any atom is 0.287 e. The van der Waals surface area contributed by atoms with Crippen molar-refractivity contribution in [2.45, 2.75) is 12.5 Å². The summed E-state index contributed by atoms with van der Waals surface area (Å²) >= 11 is 6.08. The van der Waals surface area contributed by atoms with Crippen LogP contribution >= 0.6 is 11.6 Å². The van der Waals surface area contributed by atoms with Crippen LogP contribution in [0.2, 0.25) is 5.02 Å². The molecule has 1 atom stereocenters. The first-order chi connectivity index (χ1) is 13.0. The van der Waals surface area contributed by atoms with Gasteiger partial charge < -0.3 is 15.7 Å². The highest BCUT2D eigenvalue weighted by molar-refractivity contribution is 6.33. The van der Waals surface area contributed by atoms with Gasteiger partial charge in [-0.25, -0.2) is 0 Å². The fourth-order valence-electron chi connectivity index (χ4n) is 2.61. The summed E-state index contributed by atoms with van der Waals surface area (Å²) in [6.45, 7) is 0. The molecule has 0 bridgehead atoms. The van der Waals surface area contributed by atoms with Gasteiger partial charge in [-0.05, 0) is 17.7 Å². The van der Waals surface area contributed by atoms with Crippen molar-refractivity contribution in [1.29, 1.82) is 0 Å². The summed E-state index contributed by atoms with van der Waals surface area (Å²) in [4.78, 5) is 36.5. The Balaban J connectivity index is 1.78. The third kappa shape index (κ3) is 4.65. The normalized spacial score (nSPS) is 11.6. The standard InChI is InChI=1S/C19H17ClN4O3/c20-14-9-5-4-8-13(14)18(26)23-15(12-6-2-1-3-7-12)10-17(25)22-16-11-21-24-19(16)27/h1-9,11,15H,10H2,(H,22,25)(H,23,26)(H2,21,24,27). The lowest BCUT2D eigenvalue weighted by Crippen LogP contribution is -2.32. The van der Waals surface area contributed by atoms with Gasteiger partial charge in [0.2, 0.25) is 5.91 Å². The minimum atomic E-state index is -0.590. The number of halogens is 1. The lowest BCUT2D eigenvalue weighted by molar-refractivity contribution is -0.116.